The minimum Gasteiger partial charge on any atom is -0.469 e. The maximum absolute atomic E-state index is 11.5. The largest absolute Gasteiger partial charge is 0.469 e. The number of carbonyl (C=O) groups is 1. The molecule has 2 nitrogen and oxygen atoms in total. The van der Waals surface area contributed by atoms with Gasteiger partial charge in [-0.15, -0.1) is 0 Å². The monoisotopic (exact) mass is 324 g/mol. The third-order valence-corrected chi connectivity index (χ3v) is 5.36. The van der Waals surface area contributed by atoms with Gasteiger partial charge in [-0.25, -0.2) is 0 Å². The van der Waals surface area contributed by atoms with E-state index in [1.807, 2.05) is 12.1 Å². The topological polar surface area (TPSA) is 26.3 Å². The van der Waals surface area contributed by atoms with Gasteiger partial charge in [-0.3, -0.25) is 4.79 Å². The molecule has 0 aliphatic carbocycles. The molecule has 2 heteroatoms. The van der Waals surface area contributed by atoms with Gasteiger partial charge in [0, 0.05) is 0 Å². The van der Waals surface area contributed by atoms with Crippen LogP contribution in [-0.4, -0.2) is 13.1 Å². The van der Waals surface area contributed by atoms with E-state index in [4.69, 9.17) is 4.74 Å². The molecule has 0 fully saturated rings. The molecule has 0 atom stereocenters. The van der Waals surface area contributed by atoms with E-state index < -0.39 is 0 Å². The van der Waals surface area contributed by atoms with Gasteiger partial charge in [0.25, 0.3) is 0 Å². The summed E-state index contributed by atoms with van der Waals surface area (Å²) in [6.45, 7) is 6.82. The van der Waals surface area contributed by atoms with Crippen molar-refractivity contribution in [1.29, 1.82) is 0 Å². The number of hydrogen-bond donors (Lipinski definition) is 0. The van der Waals surface area contributed by atoms with E-state index in [1.165, 1.54) is 18.2 Å². The molecule has 0 saturated heterocycles. The standard InChI is InChI=1S/C22H28O2/c1-5-22(6-2,7-3)20-13-11-18(12-14-20)19-10-8-9-17(15-19)16-21(23)24-4/h8-15H,5-7,16H2,1-4H3. The van der Waals surface area contributed by atoms with Gasteiger partial charge in [0.05, 0.1) is 13.5 Å². The molecular weight excluding hydrogens is 296 g/mol. The summed E-state index contributed by atoms with van der Waals surface area (Å²) in [5, 5.41) is 0. The molecule has 0 heterocycles. The number of ether oxygens (including phenoxy) is 1. The first-order valence-electron chi connectivity index (χ1n) is 8.85. The second-order valence-electron chi connectivity index (χ2n) is 6.37. The van der Waals surface area contributed by atoms with Crippen LogP contribution in [0.15, 0.2) is 48.5 Å². The van der Waals surface area contributed by atoms with E-state index in [0.717, 1.165) is 30.4 Å². The minimum absolute atomic E-state index is 0.207. The predicted molar refractivity (Wildman–Crippen MR) is 100 cm³/mol. The Morgan fingerprint density at radius 1 is 0.917 bits per heavy atom. The fourth-order valence-electron chi connectivity index (χ4n) is 3.48. The van der Waals surface area contributed by atoms with Gasteiger partial charge < -0.3 is 4.74 Å². The Balaban J connectivity index is 2.28. The number of carbonyl (C=O) groups excluding carboxylic acids is 1. The summed E-state index contributed by atoms with van der Waals surface area (Å²) in [5.41, 5.74) is 5.00. The molecule has 0 aromatic heterocycles. The zero-order chi connectivity index (χ0) is 17.6. The van der Waals surface area contributed by atoms with Crippen molar-refractivity contribution in [2.75, 3.05) is 7.11 Å². The maximum Gasteiger partial charge on any atom is 0.309 e. The van der Waals surface area contributed by atoms with Gasteiger partial charge in [0.15, 0.2) is 0 Å². The van der Waals surface area contributed by atoms with Crippen molar-refractivity contribution in [2.24, 2.45) is 0 Å². The van der Waals surface area contributed by atoms with Crippen LogP contribution >= 0.6 is 0 Å². The quantitative estimate of drug-likeness (QED) is 0.625. The Bertz CT molecular complexity index is 658. The Morgan fingerprint density at radius 3 is 2.08 bits per heavy atom. The number of benzene rings is 2. The molecular formula is C22H28O2. The molecule has 0 unspecified atom stereocenters. The van der Waals surface area contributed by atoms with Crippen LogP contribution in [0.2, 0.25) is 0 Å². The van der Waals surface area contributed by atoms with Crippen LogP contribution in [0, 0.1) is 0 Å². The van der Waals surface area contributed by atoms with E-state index in [0.29, 0.717) is 6.42 Å². The lowest BCUT2D eigenvalue weighted by molar-refractivity contribution is -0.139. The van der Waals surface area contributed by atoms with Crippen molar-refractivity contribution < 1.29 is 9.53 Å². The lowest BCUT2D eigenvalue weighted by Gasteiger charge is -2.31. The Kier molecular flexibility index (Phi) is 6.19. The average Bonchev–Trinajstić information content (AvgIpc) is 2.64. The lowest BCUT2D eigenvalue weighted by Crippen LogP contribution is -2.23. The zero-order valence-corrected chi connectivity index (χ0v) is 15.3. The first-order valence-corrected chi connectivity index (χ1v) is 8.85. The number of methoxy groups -OCH3 is 1. The third-order valence-electron chi connectivity index (χ3n) is 5.36. The molecule has 0 spiro atoms. The Morgan fingerprint density at radius 2 is 1.54 bits per heavy atom. The van der Waals surface area contributed by atoms with Crippen molar-refractivity contribution in [3.8, 4) is 11.1 Å². The Labute approximate surface area is 145 Å². The molecule has 2 aromatic carbocycles. The summed E-state index contributed by atoms with van der Waals surface area (Å²) in [6.07, 6.45) is 3.79. The second kappa shape index (κ2) is 8.14. The molecule has 0 aliphatic heterocycles. The molecule has 24 heavy (non-hydrogen) atoms. The van der Waals surface area contributed by atoms with Crippen LogP contribution in [-0.2, 0) is 21.4 Å². The highest BCUT2D eigenvalue weighted by Gasteiger charge is 2.25. The second-order valence-corrected chi connectivity index (χ2v) is 6.37. The first kappa shape index (κ1) is 18.3. The van der Waals surface area contributed by atoms with E-state index in [9.17, 15) is 4.79 Å². The molecule has 0 saturated carbocycles. The van der Waals surface area contributed by atoms with E-state index in [1.54, 1.807) is 0 Å². The number of hydrogen-bond acceptors (Lipinski definition) is 2. The Hall–Kier alpha value is -2.09. The van der Waals surface area contributed by atoms with Crippen LogP contribution in [0.4, 0.5) is 0 Å². The summed E-state index contributed by atoms with van der Waals surface area (Å²) in [7, 11) is 1.42. The van der Waals surface area contributed by atoms with E-state index in [-0.39, 0.29) is 11.4 Å². The van der Waals surface area contributed by atoms with Crippen LogP contribution in [0.5, 0.6) is 0 Å². The molecule has 0 amide bonds. The lowest BCUT2D eigenvalue weighted by atomic mass is 9.73. The zero-order valence-electron chi connectivity index (χ0n) is 15.3. The summed E-state index contributed by atoms with van der Waals surface area (Å²) < 4.78 is 4.75. The van der Waals surface area contributed by atoms with Crippen molar-refractivity contribution in [3.05, 3.63) is 59.7 Å². The van der Waals surface area contributed by atoms with Crippen LogP contribution < -0.4 is 0 Å². The molecule has 128 valence electrons. The van der Waals surface area contributed by atoms with Crippen LogP contribution in [0.25, 0.3) is 11.1 Å². The minimum atomic E-state index is -0.207. The molecule has 0 bridgehead atoms. The predicted octanol–water partition coefficient (Wildman–Crippen LogP) is 5.54. The van der Waals surface area contributed by atoms with Crippen molar-refractivity contribution >= 4 is 5.97 Å². The first-order chi connectivity index (χ1) is 11.6. The van der Waals surface area contributed by atoms with Gasteiger partial charge in [-0.1, -0.05) is 69.3 Å². The van der Waals surface area contributed by atoms with E-state index >= 15 is 0 Å². The highest BCUT2D eigenvalue weighted by molar-refractivity contribution is 5.74. The highest BCUT2D eigenvalue weighted by atomic mass is 16.5. The summed E-state index contributed by atoms with van der Waals surface area (Å²) in [5.74, 6) is -0.207. The molecule has 0 aliphatic rings. The number of rotatable bonds is 7. The summed E-state index contributed by atoms with van der Waals surface area (Å²) in [6, 6.07) is 17.0. The average molecular weight is 324 g/mol. The van der Waals surface area contributed by atoms with Gasteiger partial charge in [-0.2, -0.15) is 0 Å². The van der Waals surface area contributed by atoms with Gasteiger partial charge in [-0.05, 0) is 46.9 Å². The van der Waals surface area contributed by atoms with Gasteiger partial charge in [0.1, 0.15) is 0 Å². The molecule has 2 aromatic rings. The maximum atomic E-state index is 11.5. The van der Waals surface area contributed by atoms with Crippen molar-refractivity contribution in [3.63, 3.8) is 0 Å². The third kappa shape index (κ3) is 3.87. The summed E-state index contributed by atoms with van der Waals surface area (Å²) >= 11 is 0. The van der Waals surface area contributed by atoms with Crippen LogP contribution in [0.3, 0.4) is 0 Å². The smallest absolute Gasteiger partial charge is 0.309 e. The molecule has 0 radical (unpaired) electrons. The van der Waals surface area contributed by atoms with Crippen molar-refractivity contribution in [1.82, 2.24) is 0 Å². The van der Waals surface area contributed by atoms with Crippen molar-refractivity contribution in [2.45, 2.75) is 51.9 Å². The highest BCUT2D eigenvalue weighted by Crippen LogP contribution is 2.36. The molecule has 2 rings (SSSR count). The van der Waals surface area contributed by atoms with E-state index in [2.05, 4.69) is 57.2 Å². The van der Waals surface area contributed by atoms with Gasteiger partial charge in [0.2, 0.25) is 0 Å². The summed E-state index contributed by atoms with van der Waals surface area (Å²) in [4.78, 5) is 11.5. The normalized spacial score (nSPS) is 11.3. The fraction of sp³-hybridized carbons (Fsp3) is 0.409. The van der Waals surface area contributed by atoms with Crippen LogP contribution in [0.1, 0.15) is 51.2 Å². The fourth-order valence-corrected chi connectivity index (χ4v) is 3.48. The SMILES string of the molecule is CCC(CC)(CC)c1ccc(-c2cccc(CC(=O)OC)c2)cc1. The van der Waals surface area contributed by atoms with Gasteiger partial charge >= 0.3 is 5.97 Å². The number of esters is 1. The molecule has 0 N–H and O–H groups in total.